The molecule has 0 bridgehead atoms. The van der Waals surface area contributed by atoms with Crippen LogP contribution in [0.5, 0.6) is 0 Å². The number of anilines is 1. The minimum absolute atomic E-state index is 0.0382. The van der Waals surface area contributed by atoms with E-state index in [4.69, 9.17) is 0 Å². The summed E-state index contributed by atoms with van der Waals surface area (Å²) >= 11 is 0. The van der Waals surface area contributed by atoms with Crippen molar-refractivity contribution in [3.05, 3.63) is 30.1 Å². The number of benzene rings is 1. The van der Waals surface area contributed by atoms with Gasteiger partial charge in [-0.05, 0) is 25.0 Å². The Morgan fingerprint density at radius 3 is 2.36 bits per heavy atom. The number of hydrogen-bond donors (Lipinski definition) is 3. The summed E-state index contributed by atoms with van der Waals surface area (Å²) in [6.07, 6.45) is 5.19. The van der Waals surface area contributed by atoms with Gasteiger partial charge in [-0.2, -0.15) is 0 Å². The lowest BCUT2D eigenvalue weighted by molar-refractivity contribution is -0.137. The highest BCUT2D eigenvalue weighted by Gasteiger charge is 2.29. The molecule has 0 saturated heterocycles. The number of halogens is 1. The number of hydrogen-bond acceptors (Lipinski definition) is 3. The third-order valence-electron chi connectivity index (χ3n) is 3.94. The number of amides is 2. The number of aliphatic hydroxyl groups is 1. The van der Waals surface area contributed by atoms with Gasteiger partial charge in [-0.25, -0.2) is 4.39 Å². The van der Waals surface area contributed by atoms with Gasteiger partial charge in [-0.1, -0.05) is 37.8 Å². The first kappa shape index (κ1) is 16.4. The van der Waals surface area contributed by atoms with Crippen LogP contribution in [0.3, 0.4) is 0 Å². The lowest BCUT2D eigenvalue weighted by Gasteiger charge is -2.26. The maximum Gasteiger partial charge on any atom is 0.313 e. The smallest absolute Gasteiger partial charge is 0.313 e. The second-order valence-corrected chi connectivity index (χ2v) is 5.76. The van der Waals surface area contributed by atoms with Gasteiger partial charge in [0.1, 0.15) is 5.82 Å². The Morgan fingerprint density at radius 2 is 1.73 bits per heavy atom. The second kappa shape index (κ2) is 7.35. The molecule has 0 atom stereocenters. The molecule has 0 aromatic heterocycles. The molecule has 0 radical (unpaired) electrons. The van der Waals surface area contributed by atoms with Crippen molar-refractivity contribution in [2.75, 3.05) is 11.9 Å². The first-order chi connectivity index (χ1) is 10.5. The molecule has 6 heteroatoms. The minimum atomic E-state index is -0.954. The number of para-hydroxylation sites is 1. The van der Waals surface area contributed by atoms with Crippen molar-refractivity contribution in [1.29, 1.82) is 0 Å². The normalized spacial score (nSPS) is 17.4. The molecule has 3 N–H and O–H groups in total. The molecule has 1 aliphatic rings. The molecule has 0 unspecified atom stereocenters. The van der Waals surface area contributed by atoms with Crippen LogP contribution in [0.4, 0.5) is 10.1 Å². The highest BCUT2D eigenvalue weighted by atomic mass is 19.1. The SMILES string of the molecule is O=C(NCC1(O)CCCCCC1)C(=O)Nc1ccccc1F. The van der Waals surface area contributed by atoms with E-state index in [-0.39, 0.29) is 12.2 Å². The van der Waals surface area contributed by atoms with Crippen molar-refractivity contribution in [2.24, 2.45) is 0 Å². The van der Waals surface area contributed by atoms with E-state index in [1.165, 1.54) is 18.2 Å². The van der Waals surface area contributed by atoms with E-state index in [2.05, 4.69) is 10.6 Å². The average molecular weight is 308 g/mol. The van der Waals surface area contributed by atoms with Crippen molar-refractivity contribution >= 4 is 17.5 Å². The Morgan fingerprint density at radius 1 is 1.09 bits per heavy atom. The topological polar surface area (TPSA) is 78.4 Å². The molecule has 2 rings (SSSR count). The molecule has 0 heterocycles. The molecule has 5 nitrogen and oxygen atoms in total. The van der Waals surface area contributed by atoms with E-state index < -0.39 is 23.2 Å². The van der Waals surface area contributed by atoms with Crippen LogP contribution in [-0.2, 0) is 9.59 Å². The van der Waals surface area contributed by atoms with Crippen LogP contribution < -0.4 is 10.6 Å². The van der Waals surface area contributed by atoms with E-state index in [1.807, 2.05) is 0 Å². The number of carbonyl (C=O) groups is 2. The maximum absolute atomic E-state index is 13.4. The Labute approximate surface area is 128 Å². The Balaban J connectivity index is 1.86. The summed E-state index contributed by atoms with van der Waals surface area (Å²) < 4.78 is 13.4. The van der Waals surface area contributed by atoms with Gasteiger partial charge in [-0.15, -0.1) is 0 Å². The standard InChI is InChI=1S/C16H21FN2O3/c17-12-7-3-4-8-13(12)19-15(21)14(20)18-11-16(22)9-5-1-2-6-10-16/h3-4,7-8,22H,1-2,5-6,9-11H2,(H,18,20)(H,19,21). The molecule has 1 fully saturated rings. The van der Waals surface area contributed by atoms with Crippen LogP contribution in [0.2, 0.25) is 0 Å². The number of carbonyl (C=O) groups excluding carboxylic acids is 2. The predicted octanol–water partition coefficient (Wildman–Crippen LogP) is 1.97. The molecule has 1 saturated carbocycles. The molecule has 0 aliphatic heterocycles. The van der Waals surface area contributed by atoms with Crippen molar-refractivity contribution in [1.82, 2.24) is 5.32 Å². The van der Waals surface area contributed by atoms with E-state index >= 15 is 0 Å². The lowest BCUT2D eigenvalue weighted by atomic mass is 9.94. The monoisotopic (exact) mass is 308 g/mol. The van der Waals surface area contributed by atoms with Crippen LogP contribution >= 0.6 is 0 Å². The van der Waals surface area contributed by atoms with E-state index in [1.54, 1.807) is 6.07 Å². The van der Waals surface area contributed by atoms with Crippen LogP contribution in [0.1, 0.15) is 38.5 Å². The maximum atomic E-state index is 13.4. The van der Waals surface area contributed by atoms with Crippen LogP contribution in [-0.4, -0.2) is 29.1 Å². The van der Waals surface area contributed by atoms with Crippen LogP contribution in [0.15, 0.2) is 24.3 Å². The molecule has 120 valence electrons. The summed E-state index contributed by atoms with van der Waals surface area (Å²) in [5, 5.41) is 15.1. The predicted molar refractivity (Wildman–Crippen MR) is 80.7 cm³/mol. The summed E-state index contributed by atoms with van der Waals surface area (Å²) in [7, 11) is 0. The fourth-order valence-electron chi connectivity index (χ4n) is 2.63. The van der Waals surface area contributed by atoms with Gasteiger partial charge >= 0.3 is 11.8 Å². The highest BCUT2D eigenvalue weighted by molar-refractivity contribution is 6.39. The van der Waals surface area contributed by atoms with Gasteiger partial charge in [0.05, 0.1) is 11.3 Å². The molecule has 0 spiro atoms. The second-order valence-electron chi connectivity index (χ2n) is 5.76. The molecule has 1 aromatic carbocycles. The van der Waals surface area contributed by atoms with Crippen molar-refractivity contribution in [2.45, 2.75) is 44.1 Å². The number of rotatable bonds is 3. The van der Waals surface area contributed by atoms with Gasteiger partial charge in [0.25, 0.3) is 0 Å². The Kier molecular flexibility index (Phi) is 5.49. The minimum Gasteiger partial charge on any atom is -0.388 e. The fraction of sp³-hybridized carbons (Fsp3) is 0.500. The summed E-state index contributed by atoms with van der Waals surface area (Å²) in [6, 6.07) is 5.62. The summed E-state index contributed by atoms with van der Waals surface area (Å²) in [5.41, 5.74) is -0.999. The third-order valence-corrected chi connectivity index (χ3v) is 3.94. The zero-order chi connectivity index (χ0) is 16.0. The van der Waals surface area contributed by atoms with Crippen molar-refractivity contribution in [3.63, 3.8) is 0 Å². The zero-order valence-electron chi connectivity index (χ0n) is 12.4. The van der Waals surface area contributed by atoms with Gasteiger partial charge in [0.2, 0.25) is 0 Å². The Hall–Kier alpha value is -1.95. The van der Waals surface area contributed by atoms with E-state index in [0.717, 1.165) is 25.7 Å². The Bertz CT molecular complexity index is 540. The molecule has 1 aromatic rings. The largest absolute Gasteiger partial charge is 0.388 e. The first-order valence-corrected chi connectivity index (χ1v) is 7.56. The average Bonchev–Trinajstić information content (AvgIpc) is 2.72. The third kappa shape index (κ3) is 4.53. The molecule has 1 aliphatic carbocycles. The van der Waals surface area contributed by atoms with Crippen LogP contribution in [0, 0.1) is 5.82 Å². The molecular weight excluding hydrogens is 287 g/mol. The number of nitrogens with one attached hydrogen (secondary N) is 2. The van der Waals surface area contributed by atoms with Crippen LogP contribution in [0.25, 0.3) is 0 Å². The van der Waals surface area contributed by atoms with E-state index in [0.29, 0.717) is 12.8 Å². The summed E-state index contributed by atoms with van der Waals surface area (Å²) in [5.74, 6) is -2.42. The summed E-state index contributed by atoms with van der Waals surface area (Å²) in [4.78, 5) is 23.5. The lowest BCUT2D eigenvalue weighted by Crippen LogP contribution is -2.46. The first-order valence-electron chi connectivity index (χ1n) is 7.56. The molecular formula is C16H21FN2O3. The van der Waals surface area contributed by atoms with E-state index in [9.17, 15) is 19.1 Å². The van der Waals surface area contributed by atoms with Crippen molar-refractivity contribution in [3.8, 4) is 0 Å². The molecule has 22 heavy (non-hydrogen) atoms. The zero-order valence-corrected chi connectivity index (χ0v) is 12.4. The van der Waals surface area contributed by atoms with Gasteiger partial charge in [-0.3, -0.25) is 9.59 Å². The highest BCUT2D eigenvalue weighted by Crippen LogP contribution is 2.26. The fourth-order valence-corrected chi connectivity index (χ4v) is 2.63. The van der Waals surface area contributed by atoms with Crippen molar-refractivity contribution < 1.29 is 19.1 Å². The van der Waals surface area contributed by atoms with Gasteiger partial charge in [0, 0.05) is 6.54 Å². The summed E-state index contributed by atoms with van der Waals surface area (Å²) in [6.45, 7) is 0.0382. The quantitative estimate of drug-likeness (QED) is 0.590. The van der Waals surface area contributed by atoms with Gasteiger partial charge < -0.3 is 15.7 Å². The molecule has 2 amide bonds. The van der Waals surface area contributed by atoms with Gasteiger partial charge in [0.15, 0.2) is 0 Å².